The van der Waals surface area contributed by atoms with Gasteiger partial charge in [0.2, 0.25) is 0 Å². The molecule has 0 amide bonds. The summed E-state index contributed by atoms with van der Waals surface area (Å²) in [5.74, 6) is -1.30. The summed E-state index contributed by atoms with van der Waals surface area (Å²) in [6.07, 6.45) is 5.30. The topological polar surface area (TPSA) is 93.1 Å². The molecular formula is C12H18O6. The largest absolute Gasteiger partial charge is 0.459 e. The Bertz CT molecular complexity index is 303. The zero-order valence-corrected chi connectivity index (χ0v) is 10.5. The minimum Gasteiger partial charge on any atom is -0.459 e. The Morgan fingerprint density at radius 2 is 1.44 bits per heavy atom. The van der Waals surface area contributed by atoms with Crippen LogP contribution in [-0.2, 0) is 19.1 Å². The summed E-state index contributed by atoms with van der Waals surface area (Å²) in [5.41, 5.74) is -1.80. The van der Waals surface area contributed by atoms with Gasteiger partial charge >= 0.3 is 11.9 Å². The summed E-state index contributed by atoms with van der Waals surface area (Å²) in [6, 6.07) is 0. The van der Waals surface area contributed by atoms with Gasteiger partial charge in [-0.25, -0.2) is 9.59 Å². The van der Waals surface area contributed by atoms with Gasteiger partial charge in [-0.2, -0.15) is 0 Å². The quantitative estimate of drug-likeness (QED) is 0.491. The molecule has 2 N–H and O–H groups in total. The fourth-order valence-corrected chi connectivity index (χ4v) is 0.912. The number of esters is 2. The second-order valence-corrected chi connectivity index (χ2v) is 3.60. The molecule has 0 aromatic rings. The lowest BCUT2D eigenvalue weighted by atomic mass is 10.1. The monoisotopic (exact) mass is 258 g/mol. The molecule has 6 heteroatoms. The van der Waals surface area contributed by atoms with E-state index < -0.39 is 37.4 Å². The molecule has 102 valence electrons. The SMILES string of the molecule is C/C=C\C(=O)OCC(O)(CO)COC(=O)/C=C\C. The fourth-order valence-electron chi connectivity index (χ4n) is 0.912. The number of allylic oxidation sites excluding steroid dienone is 2. The predicted octanol–water partition coefficient (Wildman–Crippen LogP) is -0.0516. The number of aliphatic hydroxyl groups is 2. The van der Waals surface area contributed by atoms with E-state index in [2.05, 4.69) is 9.47 Å². The van der Waals surface area contributed by atoms with Gasteiger partial charge in [0.25, 0.3) is 0 Å². The number of hydrogen-bond acceptors (Lipinski definition) is 6. The van der Waals surface area contributed by atoms with E-state index in [1.54, 1.807) is 13.8 Å². The van der Waals surface area contributed by atoms with Crippen molar-refractivity contribution in [1.29, 1.82) is 0 Å². The molecule has 0 aromatic heterocycles. The highest BCUT2D eigenvalue weighted by Crippen LogP contribution is 2.06. The lowest BCUT2D eigenvalue weighted by Crippen LogP contribution is -2.44. The highest BCUT2D eigenvalue weighted by molar-refractivity contribution is 5.82. The summed E-state index contributed by atoms with van der Waals surface area (Å²) >= 11 is 0. The Morgan fingerprint density at radius 1 is 1.06 bits per heavy atom. The normalized spacial score (nSPS) is 12.0. The summed E-state index contributed by atoms with van der Waals surface area (Å²) < 4.78 is 9.37. The van der Waals surface area contributed by atoms with Gasteiger partial charge in [-0.3, -0.25) is 0 Å². The standard InChI is InChI=1S/C12H18O6/c1-3-5-10(14)17-8-12(16,7-13)9-18-11(15)6-4-2/h3-6,13,16H,7-9H2,1-2H3/b5-3-,6-4-. The summed E-state index contributed by atoms with van der Waals surface area (Å²) in [5, 5.41) is 18.8. The number of carbonyl (C=O) groups excluding carboxylic acids is 2. The average molecular weight is 258 g/mol. The van der Waals surface area contributed by atoms with Crippen LogP contribution in [0.1, 0.15) is 13.8 Å². The van der Waals surface area contributed by atoms with E-state index in [1.807, 2.05) is 0 Å². The first kappa shape index (κ1) is 16.3. The third kappa shape index (κ3) is 6.82. The van der Waals surface area contributed by atoms with E-state index in [9.17, 15) is 14.7 Å². The van der Waals surface area contributed by atoms with Crippen LogP contribution in [0.5, 0.6) is 0 Å². The van der Waals surface area contributed by atoms with Crippen molar-refractivity contribution in [2.45, 2.75) is 19.4 Å². The lowest BCUT2D eigenvalue weighted by Gasteiger charge is -2.24. The highest BCUT2D eigenvalue weighted by Gasteiger charge is 2.29. The third-order valence-electron chi connectivity index (χ3n) is 1.87. The second kappa shape index (κ2) is 8.43. The molecule has 0 saturated carbocycles. The summed E-state index contributed by atoms with van der Waals surface area (Å²) in [6.45, 7) is 1.65. The molecule has 0 aromatic carbocycles. The van der Waals surface area contributed by atoms with E-state index >= 15 is 0 Å². The summed E-state index contributed by atoms with van der Waals surface area (Å²) in [4.78, 5) is 22.1. The fraction of sp³-hybridized carbons (Fsp3) is 0.500. The summed E-state index contributed by atoms with van der Waals surface area (Å²) in [7, 11) is 0. The number of rotatable bonds is 7. The Kier molecular flexibility index (Phi) is 7.66. The van der Waals surface area contributed by atoms with Crippen LogP contribution in [-0.4, -0.2) is 47.6 Å². The second-order valence-electron chi connectivity index (χ2n) is 3.60. The van der Waals surface area contributed by atoms with Crippen LogP contribution in [0.3, 0.4) is 0 Å². The first-order valence-electron chi connectivity index (χ1n) is 5.39. The van der Waals surface area contributed by atoms with Gasteiger partial charge in [-0.15, -0.1) is 0 Å². The molecule has 0 heterocycles. The van der Waals surface area contributed by atoms with E-state index in [-0.39, 0.29) is 0 Å². The molecule has 0 aliphatic heterocycles. The zero-order chi connectivity index (χ0) is 14.0. The van der Waals surface area contributed by atoms with Gasteiger partial charge in [-0.1, -0.05) is 12.2 Å². The molecule has 0 rings (SSSR count). The first-order valence-corrected chi connectivity index (χ1v) is 5.39. The van der Waals surface area contributed by atoms with Gasteiger partial charge in [0.1, 0.15) is 13.2 Å². The Hall–Kier alpha value is -1.66. The Balaban J connectivity index is 4.25. The van der Waals surface area contributed by atoms with Crippen molar-refractivity contribution in [3.8, 4) is 0 Å². The van der Waals surface area contributed by atoms with E-state index in [4.69, 9.17) is 5.11 Å². The van der Waals surface area contributed by atoms with Crippen molar-refractivity contribution in [1.82, 2.24) is 0 Å². The maximum atomic E-state index is 11.0. The van der Waals surface area contributed by atoms with Crippen LogP contribution in [0, 0.1) is 0 Å². The van der Waals surface area contributed by atoms with Crippen molar-refractivity contribution in [2.24, 2.45) is 0 Å². The van der Waals surface area contributed by atoms with Gasteiger partial charge in [0.15, 0.2) is 5.60 Å². The highest BCUT2D eigenvalue weighted by atomic mass is 16.6. The molecule has 0 atom stereocenters. The molecule has 18 heavy (non-hydrogen) atoms. The Labute approximate surface area is 106 Å². The van der Waals surface area contributed by atoms with Crippen molar-refractivity contribution < 1.29 is 29.3 Å². The smallest absolute Gasteiger partial charge is 0.330 e. The lowest BCUT2D eigenvalue weighted by molar-refractivity contribution is -0.161. The van der Waals surface area contributed by atoms with Gasteiger partial charge in [0.05, 0.1) is 6.61 Å². The molecule has 0 fully saturated rings. The van der Waals surface area contributed by atoms with Crippen LogP contribution in [0.25, 0.3) is 0 Å². The number of ether oxygens (including phenoxy) is 2. The predicted molar refractivity (Wildman–Crippen MR) is 63.6 cm³/mol. The molecule has 0 radical (unpaired) electrons. The third-order valence-corrected chi connectivity index (χ3v) is 1.87. The maximum Gasteiger partial charge on any atom is 0.330 e. The van der Waals surface area contributed by atoms with Gasteiger partial charge < -0.3 is 19.7 Å². The number of hydrogen-bond donors (Lipinski definition) is 2. The molecule has 0 spiro atoms. The van der Waals surface area contributed by atoms with Gasteiger partial charge in [-0.05, 0) is 13.8 Å². The van der Waals surface area contributed by atoms with Crippen LogP contribution in [0.4, 0.5) is 0 Å². The number of aliphatic hydroxyl groups excluding tert-OH is 1. The van der Waals surface area contributed by atoms with Crippen LogP contribution in [0.15, 0.2) is 24.3 Å². The maximum absolute atomic E-state index is 11.0. The zero-order valence-electron chi connectivity index (χ0n) is 10.5. The van der Waals surface area contributed by atoms with Crippen molar-refractivity contribution in [2.75, 3.05) is 19.8 Å². The van der Waals surface area contributed by atoms with Crippen molar-refractivity contribution >= 4 is 11.9 Å². The molecule has 6 nitrogen and oxygen atoms in total. The molecule has 0 unspecified atom stereocenters. The molecule has 0 saturated heterocycles. The molecule has 0 bridgehead atoms. The minimum atomic E-state index is -1.80. The van der Waals surface area contributed by atoms with E-state index in [1.165, 1.54) is 24.3 Å². The van der Waals surface area contributed by atoms with Crippen molar-refractivity contribution in [3.05, 3.63) is 24.3 Å². The molecule has 0 aliphatic rings. The Morgan fingerprint density at radius 3 is 1.72 bits per heavy atom. The molecular weight excluding hydrogens is 240 g/mol. The number of carbonyl (C=O) groups is 2. The van der Waals surface area contributed by atoms with Crippen molar-refractivity contribution in [3.63, 3.8) is 0 Å². The van der Waals surface area contributed by atoms with E-state index in [0.717, 1.165) is 0 Å². The molecule has 0 aliphatic carbocycles. The first-order chi connectivity index (χ1) is 8.47. The average Bonchev–Trinajstić information content (AvgIpc) is 2.35. The van der Waals surface area contributed by atoms with Crippen LogP contribution < -0.4 is 0 Å². The minimum absolute atomic E-state index is 0.463. The van der Waals surface area contributed by atoms with E-state index in [0.29, 0.717) is 0 Å². The van der Waals surface area contributed by atoms with Crippen LogP contribution >= 0.6 is 0 Å². The van der Waals surface area contributed by atoms with Crippen LogP contribution in [0.2, 0.25) is 0 Å². The van der Waals surface area contributed by atoms with Gasteiger partial charge in [0, 0.05) is 12.2 Å².